The van der Waals surface area contributed by atoms with E-state index in [1.54, 1.807) is 12.1 Å². The van der Waals surface area contributed by atoms with Crippen molar-refractivity contribution >= 4 is 34.7 Å². The Balaban J connectivity index is 2.33. The van der Waals surface area contributed by atoms with Crippen LogP contribution in [0, 0.1) is 10.1 Å². The first-order valence-electron chi connectivity index (χ1n) is 5.38. The van der Waals surface area contributed by atoms with Gasteiger partial charge in [-0.2, -0.15) is 11.8 Å². The van der Waals surface area contributed by atoms with E-state index in [1.807, 2.05) is 11.8 Å². The molecule has 6 heteroatoms. The van der Waals surface area contributed by atoms with E-state index in [4.69, 9.17) is 11.6 Å². The molecule has 0 amide bonds. The number of benzene rings is 1. The molecular weight excluding hydrogens is 260 g/mol. The molecule has 0 radical (unpaired) electrons. The Hall–Kier alpha value is -0.940. The standard InChI is InChI=1S/C11H13ClN2O2S/c1-8-7-13(4-5-17-8)10-3-2-9(12)6-11(10)14(15)16/h2-3,6,8H,4-5,7H2,1H3. The second kappa shape index (κ2) is 5.14. The summed E-state index contributed by atoms with van der Waals surface area (Å²) in [7, 11) is 0. The van der Waals surface area contributed by atoms with Crippen molar-refractivity contribution in [3.05, 3.63) is 33.3 Å². The highest BCUT2D eigenvalue weighted by Crippen LogP contribution is 2.33. The lowest BCUT2D eigenvalue weighted by atomic mass is 10.2. The summed E-state index contributed by atoms with van der Waals surface area (Å²) in [4.78, 5) is 12.7. The third-order valence-electron chi connectivity index (χ3n) is 2.72. The molecule has 17 heavy (non-hydrogen) atoms. The van der Waals surface area contributed by atoms with Gasteiger partial charge in [-0.05, 0) is 12.1 Å². The number of rotatable bonds is 2. The topological polar surface area (TPSA) is 46.4 Å². The minimum Gasteiger partial charge on any atom is -0.364 e. The molecule has 1 aliphatic heterocycles. The second-order valence-electron chi connectivity index (χ2n) is 4.02. The van der Waals surface area contributed by atoms with Crippen LogP contribution < -0.4 is 4.90 Å². The number of anilines is 1. The lowest BCUT2D eigenvalue weighted by molar-refractivity contribution is -0.384. The average molecular weight is 273 g/mol. The lowest BCUT2D eigenvalue weighted by Gasteiger charge is -2.32. The normalized spacial score (nSPS) is 20.4. The van der Waals surface area contributed by atoms with Crippen molar-refractivity contribution in [2.45, 2.75) is 12.2 Å². The van der Waals surface area contributed by atoms with Crippen molar-refractivity contribution in [2.24, 2.45) is 0 Å². The van der Waals surface area contributed by atoms with E-state index in [1.165, 1.54) is 6.07 Å². The van der Waals surface area contributed by atoms with E-state index in [9.17, 15) is 10.1 Å². The van der Waals surface area contributed by atoms with Crippen LogP contribution in [0.5, 0.6) is 0 Å². The quantitative estimate of drug-likeness (QED) is 0.613. The molecule has 1 aromatic carbocycles. The first kappa shape index (κ1) is 12.5. The molecule has 0 aromatic heterocycles. The van der Waals surface area contributed by atoms with E-state index in [-0.39, 0.29) is 10.6 Å². The van der Waals surface area contributed by atoms with Crippen molar-refractivity contribution in [1.29, 1.82) is 0 Å². The molecule has 1 heterocycles. The van der Waals surface area contributed by atoms with E-state index < -0.39 is 0 Å². The largest absolute Gasteiger partial charge is 0.364 e. The maximum Gasteiger partial charge on any atom is 0.294 e. The Morgan fingerprint density at radius 1 is 1.59 bits per heavy atom. The molecule has 1 saturated heterocycles. The lowest BCUT2D eigenvalue weighted by Crippen LogP contribution is -2.36. The molecule has 0 spiro atoms. The molecule has 0 saturated carbocycles. The number of nitrogens with zero attached hydrogens (tertiary/aromatic N) is 2. The van der Waals surface area contributed by atoms with Crippen molar-refractivity contribution in [2.75, 3.05) is 23.7 Å². The predicted octanol–water partition coefficient (Wildman–Crippen LogP) is 3.19. The van der Waals surface area contributed by atoms with Crippen molar-refractivity contribution < 1.29 is 4.92 Å². The Labute approximate surface area is 109 Å². The first-order chi connectivity index (χ1) is 8.08. The molecule has 4 nitrogen and oxygen atoms in total. The van der Waals surface area contributed by atoms with Crippen LogP contribution in [0.3, 0.4) is 0 Å². The molecule has 1 aliphatic rings. The highest BCUT2D eigenvalue weighted by Gasteiger charge is 2.24. The van der Waals surface area contributed by atoms with Gasteiger partial charge in [0.15, 0.2) is 0 Å². The van der Waals surface area contributed by atoms with Gasteiger partial charge >= 0.3 is 0 Å². The third kappa shape index (κ3) is 2.84. The predicted molar refractivity (Wildman–Crippen MR) is 72.2 cm³/mol. The fourth-order valence-electron chi connectivity index (χ4n) is 1.95. The minimum atomic E-state index is -0.367. The van der Waals surface area contributed by atoms with Gasteiger partial charge in [-0.15, -0.1) is 0 Å². The van der Waals surface area contributed by atoms with E-state index >= 15 is 0 Å². The third-order valence-corrected chi connectivity index (χ3v) is 4.09. The summed E-state index contributed by atoms with van der Waals surface area (Å²) in [5.41, 5.74) is 0.767. The van der Waals surface area contributed by atoms with Crippen molar-refractivity contribution in [3.8, 4) is 0 Å². The average Bonchev–Trinajstić information content (AvgIpc) is 2.28. The molecule has 1 aromatic rings. The highest BCUT2D eigenvalue weighted by atomic mass is 35.5. The van der Waals surface area contributed by atoms with Crippen LogP contribution in [0.25, 0.3) is 0 Å². The fourth-order valence-corrected chi connectivity index (χ4v) is 3.13. The van der Waals surface area contributed by atoms with Crippen LogP contribution in [-0.4, -0.2) is 29.0 Å². The molecule has 2 rings (SSSR count). The number of nitro groups is 1. The zero-order valence-electron chi connectivity index (χ0n) is 9.43. The zero-order chi connectivity index (χ0) is 12.4. The van der Waals surface area contributed by atoms with Gasteiger partial charge in [-0.3, -0.25) is 10.1 Å². The Morgan fingerprint density at radius 3 is 3.00 bits per heavy atom. The molecule has 0 N–H and O–H groups in total. The number of thioether (sulfide) groups is 1. The van der Waals surface area contributed by atoms with Crippen LogP contribution in [0.1, 0.15) is 6.92 Å². The van der Waals surface area contributed by atoms with E-state index in [0.29, 0.717) is 16.0 Å². The monoisotopic (exact) mass is 272 g/mol. The molecule has 1 fully saturated rings. The van der Waals surface area contributed by atoms with Gasteiger partial charge in [0.25, 0.3) is 5.69 Å². The van der Waals surface area contributed by atoms with Gasteiger partial charge < -0.3 is 4.90 Å². The second-order valence-corrected chi connectivity index (χ2v) is 6.00. The van der Waals surface area contributed by atoms with Crippen LogP contribution in [-0.2, 0) is 0 Å². The van der Waals surface area contributed by atoms with Crippen molar-refractivity contribution in [1.82, 2.24) is 0 Å². The Morgan fingerprint density at radius 2 is 2.35 bits per heavy atom. The summed E-state index contributed by atoms with van der Waals surface area (Å²) >= 11 is 7.70. The maximum atomic E-state index is 11.0. The molecule has 1 unspecified atom stereocenters. The van der Waals surface area contributed by atoms with Crippen LogP contribution in [0.2, 0.25) is 5.02 Å². The van der Waals surface area contributed by atoms with Gasteiger partial charge in [-0.1, -0.05) is 18.5 Å². The molecule has 0 aliphatic carbocycles. The van der Waals surface area contributed by atoms with Crippen LogP contribution >= 0.6 is 23.4 Å². The molecular formula is C11H13ClN2O2S. The Bertz CT molecular complexity index is 441. The van der Waals surface area contributed by atoms with E-state index in [0.717, 1.165) is 18.8 Å². The number of hydrogen-bond acceptors (Lipinski definition) is 4. The molecule has 1 atom stereocenters. The van der Waals surface area contributed by atoms with Gasteiger partial charge in [0.1, 0.15) is 5.69 Å². The summed E-state index contributed by atoms with van der Waals surface area (Å²) in [6, 6.07) is 4.86. The highest BCUT2D eigenvalue weighted by molar-refractivity contribution is 8.00. The SMILES string of the molecule is CC1CN(c2ccc(Cl)cc2[N+](=O)[O-])CCS1. The van der Waals surface area contributed by atoms with Crippen molar-refractivity contribution in [3.63, 3.8) is 0 Å². The van der Waals surface area contributed by atoms with Gasteiger partial charge in [0.05, 0.1) is 4.92 Å². The molecule has 92 valence electrons. The smallest absolute Gasteiger partial charge is 0.294 e. The van der Waals surface area contributed by atoms with Gasteiger partial charge in [0, 0.05) is 35.2 Å². The zero-order valence-corrected chi connectivity index (χ0v) is 11.0. The fraction of sp³-hybridized carbons (Fsp3) is 0.455. The number of hydrogen-bond donors (Lipinski definition) is 0. The maximum absolute atomic E-state index is 11.0. The summed E-state index contributed by atoms with van der Waals surface area (Å²) in [5, 5.41) is 11.9. The van der Waals surface area contributed by atoms with Crippen LogP contribution in [0.15, 0.2) is 18.2 Å². The minimum absolute atomic E-state index is 0.0941. The number of halogens is 1. The summed E-state index contributed by atoms with van der Waals surface area (Å²) in [6.45, 7) is 3.82. The van der Waals surface area contributed by atoms with Crippen LogP contribution in [0.4, 0.5) is 11.4 Å². The number of nitro benzene ring substituents is 1. The summed E-state index contributed by atoms with van der Waals surface area (Å²) < 4.78 is 0. The summed E-state index contributed by atoms with van der Waals surface area (Å²) in [6.07, 6.45) is 0. The summed E-state index contributed by atoms with van der Waals surface area (Å²) in [5.74, 6) is 1.00. The Kier molecular flexibility index (Phi) is 3.79. The first-order valence-corrected chi connectivity index (χ1v) is 6.81. The van der Waals surface area contributed by atoms with Gasteiger partial charge in [0.2, 0.25) is 0 Å². The van der Waals surface area contributed by atoms with E-state index in [2.05, 4.69) is 11.8 Å². The molecule has 0 bridgehead atoms. The van der Waals surface area contributed by atoms with Gasteiger partial charge in [-0.25, -0.2) is 0 Å².